The summed E-state index contributed by atoms with van der Waals surface area (Å²) in [4.78, 5) is 51.2. The molecule has 0 aliphatic heterocycles. The molecule has 0 aliphatic rings. The van der Waals surface area contributed by atoms with Gasteiger partial charge in [-0.1, -0.05) is 67.6 Å². The second kappa shape index (κ2) is 12.4. The van der Waals surface area contributed by atoms with Crippen LogP contribution in [0.25, 0.3) is 11.2 Å². The van der Waals surface area contributed by atoms with Crippen LogP contribution in [0.5, 0.6) is 0 Å². The Labute approximate surface area is 250 Å². The summed E-state index contributed by atoms with van der Waals surface area (Å²) >= 11 is 0. The molecule has 4 rings (SSSR count). The summed E-state index contributed by atoms with van der Waals surface area (Å²) in [6, 6.07) is 16.3. The Bertz CT molecular complexity index is 1790. The molecule has 2 aromatic carbocycles. The molecule has 12 nitrogen and oxygen atoms in total. The number of benzene rings is 2. The maximum atomic E-state index is 14.1. The molecule has 2 unspecified atom stereocenters. The van der Waals surface area contributed by atoms with Crippen LogP contribution in [-0.2, 0) is 32.2 Å². The van der Waals surface area contributed by atoms with Gasteiger partial charge in [0, 0.05) is 19.2 Å². The quantitative estimate of drug-likeness (QED) is 0.214. The topological polar surface area (TPSA) is 166 Å². The fraction of sp³-hybridized carbons (Fsp3) is 0.367. The van der Waals surface area contributed by atoms with Crippen molar-refractivity contribution in [1.82, 2.24) is 24.0 Å². The summed E-state index contributed by atoms with van der Waals surface area (Å²) in [5.41, 5.74) is 6.09. The van der Waals surface area contributed by atoms with E-state index in [-0.39, 0.29) is 40.9 Å². The van der Waals surface area contributed by atoms with Gasteiger partial charge in [-0.2, -0.15) is 4.98 Å². The van der Waals surface area contributed by atoms with Crippen LogP contribution in [0.2, 0.25) is 0 Å². The number of nitrogen functional groups attached to an aromatic ring is 1. The Morgan fingerprint density at radius 3 is 2.19 bits per heavy atom. The molecule has 13 heteroatoms. The van der Waals surface area contributed by atoms with Crippen molar-refractivity contribution in [1.29, 1.82) is 4.78 Å². The zero-order valence-corrected chi connectivity index (χ0v) is 25.8. The van der Waals surface area contributed by atoms with E-state index in [0.29, 0.717) is 6.42 Å². The summed E-state index contributed by atoms with van der Waals surface area (Å²) < 4.78 is 29.2. The highest BCUT2D eigenvalue weighted by Crippen LogP contribution is 2.23. The normalized spacial score (nSPS) is 13.8. The summed E-state index contributed by atoms with van der Waals surface area (Å²) in [6.07, 6.45) is 0.571. The Morgan fingerprint density at radius 1 is 1.05 bits per heavy atom. The van der Waals surface area contributed by atoms with Crippen LogP contribution in [0.15, 0.2) is 70.6 Å². The number of hydrogen-bond acceptors (Lipinski definition) is 9. The molecule has 2 aromatic heterocycles. The highest BCUT2D eigenvalue weighted by molar-refractivity contribution is 7.92. The lowest BCUT2D eigenvalue weighted by Crippen LogP contribution is -2.49. The van der Waals surface area contributed by atoms with Gasteiger partial charge in [-0.05, 0) is 38.3 Å². The predicted octanol–water partition coefficient (Wildman–Crippen LogP) is 3.89. The number of rotatable bonds is 9. The molecule has 1 amide bonds. The fourth-order valence-electron chi connectivity index (χ4n) is 4.64. The molecule has 228 valence electrons. The largest absolute Gasteiger partial charge is 0.458 e. The first-order valence-electron chi connectivity index (χ1n) is 13.9. The third kappa shape index (κ3) is 6.94. The second-order valence-electron chi connectivity index (χ2n) is 11.3. The highest BCUT2D eigenvalue weighted by atomic mass is 32.2. The number of amides is 1. The number of nitrogens with zero attached hydrogens (tertiary/aromatic N) is 5. The van der Waals surface area contributed by atoms with E-state index >= 15 is 0 Å². The van der Waals surface area contributed by atoms with Gasteiger partial charge in [-0.15, -0.1) is 0 Å². The standard InChI is InChI=1S/C30H37N7O5S/c1-6-17-43(32,41)27-33-24(31)23-25(34-27)36(19-21-15-11-8-12-16-21)29(40)37(23)28(39)35(5)22(26(38)42-30(2,3)4)18-20-13-9-7-10-14-20/h7-16,22,32H,6,17-19H2,1-5H3,(H2,31,33,34). The van der Waals surface area contributed by atoms with Crippen molar-refractivity contribution >= 4 is 38.7 Å². The molecule has 0 spiro atoms. The predicted molar refractivity (Wildman–Crippen MR) is 164 cm³/mol. The van der Waals surface area contributed by atoms with Gasteiger partial charge in [-0.3, -0.25) is 4.57 Å². The lowest BCUT2D eigenvalue weighted by atomic mass is 10.0. The number of nitrogens with one attached hydrogen (secondary N) is 1. The number of ether oxygens (including phenoxy) is 1. The number of hydrogen-bond donors (Lipinski definition) is 2. The molecule has 2 heterocycles. The van der Waals surface area contributed by atoms with Crippen molar-refractivity contribution < 1.29 is 18.5 Å². The first-order valence-corrected chi connectivity index (χ1v) is 15.6. The van der Waals surface area contributed by atoms with Crippen molar-refractivity contribution in [2.75, 3.05) is 18.5 Å². The number of anilines is 1. The first kappa shape index (κ1) is 31.4. The lowest BCUT2D eigenvalue weighted by Gasteiger charge is -2.30. The van der Waals surface area contributed by atoms with E-state index in [1.165, 1.54) is 11.6 Å². The molecule has 0 bridgehead atoms. The average molecular weight is 608 g/mol. The molecule has 2 atom stereocenters. The minimum atomic E-state index is -3.41. The van der Waals surface area contributed by atoms with Crippen LogP contribution in [0.4, 0.5) is 10.6 Å². The number of esters is 1. The van der Waals surface area contributed by atoms with Crippen molar-refractivity contribution in [2.24, 2.45) is 0 Å². The van der Waals surface area contributed by atoms with Crippen LogP contribution in [0.1, 0.15) is 45.2 Å². The number of likely N-dealkylation sites (N-methyl/N-ethyl adjacent to an activating group) is 1. The minimum absolute atomic E-state index is 0.000293. The smallest absolute Gasteiger partial charge is 0.339 e. The number of carbonyl (C=O) groups excluding carboxylic acids is 2. The summed E-state index contributed by atoms with van der Waals surface area (Å²) in [5.74, 6) is -0.924. The van der Waals surface area contributed by atoms with Crippen LogP contribution >= 0.6 is 0 Å². The Morgan fingerprint density at radius 2 is 1.63 bits per heavy atom. The number of fused-ring (bicyclic) bond motifs is 1. The Kier molecular flexibility index (Phi) is 9.04. The highest BCUT2D eigenvalue weighted by Gasteiger charge is 2.35. The van der Waals surface area contributed by atoms with Crippen LogP contribution in [0, 0.1) is 4.78 Å². The molecule has 0 radical (unpaired) electrons. The van der Waals surface area contributed by atoms with Crippen LogP contribution in [-0.4, -0.2) is 64.7 Å². The second-order valence-corrected chi connectivity index (χ2v) is 13.4. The number of aromatic nitrogens is 4. The molecule has 0 fully saturated rings. The van der Waals surface area contributed by atoms with E-state index in [1.54, 1.807) is 52.0 Å². The molecule has 3 N–H and O–H groups in total. The van der Waals surface area contributed by atoms with Crippen LogP contribution < -0.4 is 11.4 Å². The van der Waals surface area contributed by atoms with E-state index in [0.717, 1.165) is 20.6 Å². The van der Waals surface area contributed by atoms with Gasteiger partial charge in [-0.25, -0.2) is 32.9 Å². The Balaban J connectivity index is 1.89. The summed E-state index contributed by atoms with van der Waals surface area (Å²) in [6.45, 7) is 6.98. The maximum absolute atomic E-state index is 14.1. The van der Waals surface area contributed by atoms with E-state index in [2.05, 4.69) is 9.97 Å². The van der Waals surface area contributed by atoms with E-state index in [9.17, 15) is 18.6 Å². The molecular formula is C30H37N7O5S. The van der Waals surface area contributed by atoms with E-state index in [4.69, 9.17) is 15.3 Å². The molecule has 4 aromatic rings. The first-order chi connectivity index (χ1) is 20.2. The number of carbonyl (C=O) groups is 2. The van der Waals surface area contributed by atoms with Gasteiger partial charge >= 0.3 is 17.7 Å². The van der Waals surface area contributed by atoms with E-state index in [1.807, 2.05) is 36.4 Å². The third-order valence-electron chi connectivity index (χ3n) is 6.65. The van der Waals surface area contributed by atoms with Crippen LogP contribution in [0.3, 0.4) is 0 Å². The van der Waals surface area contributed by atoms with Gasteiger partial charge in [0.2, 0.25) is 5.16 Å². The molecule has 0 aliphatic carbocycles. The Hall–Kier alpha value is -4.52. The summed E-state index contributed by atoms with van der Waals surface area (Å²) in [7, 11) is -2.00. The van der Waals surface area contributed by atoms with E-state index < -0.39 is 39.1 Å². The molecule has 0 saturated carbocycles. The zero-order chi connectivity index (χ0) is 31.5. The van der Waals surface area contributed by atoms with Gasteiger partial charge in [0.15, 0.2) is 11.5 Å². The monoisotopic (exact) mass is 607 g/mol. The van der Waals surface area contributed by atoms with Gasteiger partial charge < -0.3 is 15.4 Å². The number of nitrogens with two attached hydrogens (primary N) is 1. The summed E-state index contributed by atoms with van der Waals surface area (Å²) in [5, 5.41) is -0.310. The van der Waals surface area contributed by atoms with Crippen molar-refractivity contribution in [3.63, 3.8) is 0 Å². The lowest BCUT2D eigenvalue weighted by molar-refractivity contribution is -0.159. The molecule has 0 saturated heterocycles. The van der Waals surface area contributed by atoms with Crippen molar-refractivity contribution in [3.8, 4) is 0 Å². The van der Waals surface area contributed by atoms with Gasteiger partial charge in [0.1, 0.15) is 26.9 Å². The SMILES string of the molecule is CCCS(=N)(=O)c1nc(N)c2c(n1)n(Cc1ccccc1)c(=O)n2C(=O)N(C)C(Cc1ccccc1)C(=O)OC(C)(C)C. The number of imidazole rings is 1. The minimum Gasteiger partial charge on any atom is -0.458 e. The molecule has 43 heavy (non-hydrogen) atoms. The van der Waals surface area contributed by atoms with Crippen molar-refractivity contribution in [3.05, 3.63) is 82.3 Å². The third-order valence-corrected chi connectivity index (χ3v) is 8.41. The van der Waals surface area contributed by atoms with Crippen molar-refractivity contribution in [2.45, 2.75) is 63.9 Å². The molecular weight excluding hydrogens is 570 g/mol. The van der Waals surface area contributed by atoms with Gasteiger partial charge in [0.25, 0.3) is 0 Å². The average Bonchev–Trinajstić information content (AvgIpc) is 3.22. The maximum Gasteiger partial charge on any atom is 0.339 e. The zero-order valence-electron chi connectivity index (χ0n) is 24.9. The fourth-order valence-corrected chi connectivity index (χ4v) is 5.87. The van der Waals surface area contributed by atoms with Gasteiger partial charge in [0.05, 0.1) is 6.54 Å².